The van der Waals surface area contributed by atoms with Gasteiger partial charge in [0.1, 0.15) is 17.3 Å². The van der Waals surface area contributed by atoms with Crippen LogP contribution in [-0.4, -0.2) is 6.61 Å². The van der Waals surface area contributed by atoms with Gasteiger partial charge in [-0.2, -0.15) is 0 Å². The van der Waals surface area contributed by atoms with E-state index in [1.54, 1.807) is 0 Å². The molecule has 0 spiro atoms. The maximum atomic E-state index is 6.36. The Morgan fingerprint density at radius 2 is 2.06 bits per heavy atom. The van der Waals surface area contributed by atoms with E-state index in [2.05, 4.69) is 6.07 Å². The molecule has 1 aliphatic rings. The summed E-state index contributed by atoms with van der Waals surface area (Å²) in [5.41, 5.74) is 9.70. The van der Waals surface area contributed by atoms with Crippen LogP contribution in [0.5, 0.6) is 5.75 Å². The highest BCUT2D eigenvalue weighted by Crippen LogP contribution is 2.36. The lowest BCUT2D eigenvalue weighted by Crippen LogP contribution is -2.13. The van der Waals surface area contributed by atoms with Crippen LogP contribution in [0, 0.1) is 13.8 Å². The lowest BCUT2D eigenvalue weighted by Gasteiger charge is -2.14. The normalized spacial score (nSPS) is 15.3. The van der Waals surface area contributed by atoms with Crippen molar-refractivity contribution >= 4 is 0 Å². The minimum absolute atomic E-state index is 0.185. The third kappa shape index (κ3) is 1.71. The van der Waals surface area contributed by atoms with E-state index in [1.165, 1.54) is 5.56 Å². The van der Waals surface area contributed by atoms with Crippen LogP contribution in [0.2, 0.25) is 0 Å². The van der Waals surface area contributed by atoms with Gasteiger partial charge in [0.05, 0.1) is 12.6 Å². The van der Waals surface area contributed by atoms with Gasteiger partial charge in [0, 0.05) is 17.5 Å². The van der Waals surface area contributed by atoms with Gasteiger partial charge in [-0.1, -0.05) is 18.2 Å². The van der Waals surface area contributed by atoms with Crippen molar-refractivity contribution in [1.82, 2.24) is 0 Å². The molecule has 1 atom stereocenters. The summed E-state index contributed by atoms with van der Waals surface area (Å²) in [6, 6.07) is 8.01. The molecule has 0 radical (unpaired) electrons. The van der Waals surface area contributed by atoms with Gasteiger partial charge >= 0.3 is 0 Å². The van der Waals surface area contributed by atoms with Gasteiger partial charge in [-0.15, -0.1) is 0 Å². The lowest BCUT2D eigenvalue weighted by molar-refractivity contribution is 0.352. The Labute approximate surface area is 107 Å². The zero-order chi connectivity index (χ0) is 12.7. The van der Waals surface area contributed by atoms with Crippen LogP contribution in [0.1, 0.15) is 34.3 Å². The molecule has 3 rings (SSSR count). The van der Waals surface area contributed by atoms with Gasteiger partial charge in [0.25, 0.3) is 0 Å². The van der Waals surface area contributed by atoms with Gasteiger partial charge in [0.2, 0.25) is 0 Å². The van der Waals surface area contributed by atoms with Crippen LogP contribution >= 0.6 is 0 Å². The van der Waals surface area contributed by atoms with Crippen molar-refractivity contribution in [3.8, 4) is 5.75 Å². The number of benzene rings is 1. The maximum absolute atomic E-state index is 6.36. The van der Waals surface area contributed by atoms with E-state index in [9.17, 15) is 0 Å². The number of hydrogen-bond donors (Lipinski definition) is 1. The third-order valence-electron chi connectivity index (χ3n) is 3.49. The topological polar surface area (TPSA) is 48.4 Å². The number of hydrogen-bond acceptors (Lipinski definition) is 3. The fourth-order valence-electron chi connectivity index (χ4n) is 2.61. The van der Waals surface area contributed by atoms with Gasteiger partial charge in [0.15, 0.2) is 0 Å². The van der Waals surface area contributed by atoms with Gasteiger partial charge in [-0.25, -0.2) is 0 Å². The van der Waals surface area contributed by atoms with Gasteiger partial charge in [-0.05, 0) is 25.5 Å². The van der Waals surface area contributed by atoms with Crippen molar-refractivity contribution in [1.29, 1.82) is 0 Å². The molecule has 0 saturated carbocycles. The summed E-state index contributed by atoms with van der Waals surface area (Å²) >= 11 is 0. The molecule has 2 aromatic rings. The zero-order valence-corrected chi connectivity index (χ0v) is 10.7. The van der Waals surface area contributed by atoms with Crippen molar-refractivity contribution in [3.05, 3.63) is 52.5 Å². The number of rotatable bonds is 2. The van der Waals surface area contributed by atoms with Gasteiger partial charge in [-0.3, -0.25) is 0 Å². The standard InChI is InChI=1S/C15H17NO2/c1-9-8-13(10(2)18-9)14(16)12-5-3-4-11-6-7-17-15(11)12/h3-5,8,14H,6-7,16H2,1-2H3. The molecule has 1 aliphatic heterocycles. The molecule has 1 unspecified atom stereocenters. The monoisotopic (exact) mass is 243 g/mol. The molecule has 0 fully saturated rings. The predicted molar refractivity (Wildman–Crippen MR) is 69.9 cm³/mol. The Bertz CT molecular complexity index is 586. The van der Waals surface area contributed by atoms with Gasteiger partial charge < -0.3 is 14.9 Å². The summed E-state index contributed by atoms with van der Waals surface area (Å²) in [6.07, 6.45) is 0.972. The SMILES string of the molecule is Cc1cc(C(N)c2cccc3c2OCC3)c(C)o1. The van der Waals surface area contributed by atoms with E-state index < -0.39 is 0 Å². The molecule has 3 nitrogen and oxygen atoms in total. The first-order chi connectivity index (χ1) is 8.66. The average molecular weight is 243 g/mol. The number of aryl methyl sites for hydroxylation is 2. The highest BCUT2D eigenvalue weighted by atomic mass is 16.5. The highest BCUT2D eigenvalue weighted by Gasteiger charge is 2.23. The molecule has 3 heteroatoms. The van der Waals surface area contributed by atoms with Crippen molar-refractivity contribution in [2.75, 3.05) is 6.61 Å². The number of ether oxygens (including phenoxy) is 1. The fourth-order valence-corrected chi connectivity index (χ4v) is 2.61. The first-order valence-corrected chi connectivity index (χ1v) is 6.24. The van der Waals surface area contributed by atoms with Crippen LogP contribution in [0.25, 0.3) is 0 Å². The molecule has 0 aliphatic carbocycles. The van der Waals surface area contributed by atoms with Crippen molar-refractivity contribution < 1.29 is 9.15 Å². The molecular formula is C15H17NO2. The molecule has 94 valence electrons. The highest BCUT2D eigenvalue weighted by molar-refractivity contribution is 5.49. The molecule has 2 N–H and O–H groups in total. The molecule has 0 bridgehead atoms. The van der Waals surface area contributed by atoms with E-state index in [-0.39, 0.29) is 6.04 Å². The Balaban J connectivity index is 2.05. The van der Waals surface area contributed by atoms with Crippen LogP contribution in [0.3, 0.4) is 0 Å². The van der Waals surface area contributed by atoms with E-state index in [0.29, 0.717) is 0 Å². The summed E-state index contributed by atoms with van der Waals surface area (Å²) in [5.74, 6) is 2.74. The number of fused-ring (bicyclic) bond motifs is 1. The smallest absolute Gasteiger partial charge is 0.127 e. The molecule has 2 heterocycles. The quantitative estimate of drug-likeness (QED) is 0.882. The van der Waals surface area contributed by atoms with E-state index >= 15 is 0 Å². The first-order valence-electron chi connectivity index (χ1n) is 6.24. The van der Waals surface area contributed by atoms with Crippen LogP contribution < -0.4 is 10.5 Å². The molecule has 1 aromatic heterocycles. The maximum Gasteiger partial charge on any atom is 0.127 e. The van der Waals surface area contributed by atoms with Crippen LogP contribution in [0.15, 0.2) is 28.7 Å². The summed E-state index contributed by atoms with van der Waals surface area (Å²) in [7, 11) is 0. The summed E-state index contributed by atoms with van der Waals surface area (Å²) in [5, 5.41) is 0. The molecule has 1 aromatic carbocycles. The lowest BCUT2D eigenvalue weighted by atomic mass is 9.97. The van der Waals surface area contributed by atoms with Crippen LogP contribution in [0.4, 0.5) is 0 Å². The Morgan fingerprint density at radius 1 is 1.22 bits per heavy atom. The summed E-state index contributed by atoms with van der Waals surface area (Å²) in [6.45, 7) is 4.64. The second-order valence-corrected chi connectivity index (χ2v) is 4.78. The minimum atomic E-state index is -0.185. The molecule has 0 saturated heterocycles. The number of nitrogens with two attached hydrogens (primary N) is 1. The summed E-state index contributed by atoms with van der Waals surface area (Å²) < 4.78 is 11.3. The second kappa shape index (κ2) is 4.18. The second-order valence-electron chi connectivity index (χ2n) is 4.78. The Morgan fingerprint density at radius 3 is 2.78 bits per heavy atom. The molecular weight excluding hydrogens is 226 g/mol. The van der Waals surface area contributed by atoms with E-state index in [1.807, 2.05) is 32.0 Å². The number of para-hydroxylation sites is 1. The fraction of sp³-hybridized carbons (Fsp3) is 0.333. The minimum Gasteiger partial charge on any atom is -0.493 e. The van der Waals surface area contributed by atoms with Crippen molar-refractivity contribution in [2.24, 2.45) is 5.73 Å². The largest absolute Gasteiger partial charge is 0.493 e. The molecule has 0 amide bonds. The third-order valence-corrected chi connectivity index (χ3v) is 3.49. The average Bonchev–Trinajstić information content (AvgIpc) is 2.94. The predicted octanol–water partition coefficient (Wildman–Crippen LogP) is 2.88. The Hall–Kier alpha value is -1.74. The Kier molecular flexibility index (Phi) is 2.63. The first kappa shape index (κ1) is 11.4. The van der Waals surface area contributed by atoms with Crippen molar-refractivity contribution in [3.63, 3.8) is 0 Å². The summed E-state index contributed by atoms with van der Waals surface area (Å²) in [4.78, 5) is 0. The molecule has 18 heavy (non-hydrogen) atoms. The van der Waals surface area contributed by atoms with E-state index in [4.69, 9.17) is 14.9 Å². The van der Waals surface area contributed by atoms with Crippen molar-refractivity contribution in [2.45, 2.75) is 26.3 Å². The zero-order valence-electron chi connectivity index (χ0n) is 10.7. The van der Waals surface area contributed by atoms with Crippen LogP contribution in [-0.2, 0) is 6.42 Å². The van der Waals surface area contributed by atoms with E-state index in [0.717, 1.165) is 41.4 Å². The number of furan rings is 1.